The molecule has 0 bridgehead atoms. The van der Waals surface area contributed by atoms with E-state index in [2.05, 4.69) is 42.3 Å². The summed E-state index contributed by atoms with van der Waals surface area (Å²) in [5, 5.41) is 3.40. The molecule has 1 aromatic rings. The predicted octanol–water partition coefficient (Wildman–Crippen LogP) is 2.70. The molecule has 0 aromatic heterocycles. The van der Waals surface area contributed by atoms with Crippen molar-refractivity contribution in [2.75, 3.05) is 24.5 Å². The summed E-state index contributed by atoms with van der Waals surface area (Å²) in [6.45, 7) is 8.88. The lowest BCUT2D eigenvalue weighted by atomic mass is 10.1. The van der Waals surface area contributed by atoms with Gasteiger partial charge in [0.15, 0.2) is 0 Å². The Kier molecular flexibility index (Phi) is 3.83. The molecular formula is C14H22N2. The Balaban J connectivity index is 2.18. The second-order valence-electron chi connectivity index (χ2n) is 4.54. The molecule has 0 spiro atoms. The molecule has 1 aliphatic heterocycles. The molecule has 0 radical (unpaired) electrons. The van der Waals surface area contributed by atoms with Gasteiger partial charge in [-0.15, -0.1) is 0 Å². The molecule has 1 heterocycles. The average Bonchev–Trinajstić information content (AvgIpc) is 2.81. The first-order valence-corrected chi connectivity index (χ1v) is 6.37. The van der Waals surface area contributed by atoms with Crippen molar-refractivity contribution in [2.45, 2.75) is 33.2 Å². The summed E-state index contributed by atoms with van der Waals surface area (Å²) in [6, 6.07) is 6.68. The Morgan fingerprint density at radius 3 is 2.69 bits per heavy atom. The fourth-order valence-electron chi connectivity index (χ4n) is 2.42. The Hall–Kier alpha value is -1.02. The average molecular weight is 218 g/mol. The van der Waals surface area contributed by atoms with Crippen LogP contribution in [0, 0.1) is 6.92 Å². The van der Waals surface area contributed by atoms with Crippen molar-refractivity contribution in [1.82, 2.24) is 5.32 Å². The smallest absolute Gasteiger partial charge is 0.0399 e. The van der Waals surface area contributed by atoms with Gasteiger partial charge in [0.25, 0.3) is 0 Å². The van der Waals surface area contributed by atoms with Gasteiger partial charge in [-0.1, -0.05) is 19.1 Å². The Morgan fingerprint density at radius 2 is 2.00 bits per heavy atom. The Morgan fingerprint density at radius 1 is 1.25 bits per heavy atom. The molecule has 1 aromatic carbocycles. The highest BCUT2D eigenvalue weighted by molar-refractivity contribution is 5.56. The molecule has 0 amide bonds. The zero-order valence-corrected chi connectivity index (χ0v) is 10.4. The minimum absolute atomic E-state index is 0.990. The van der Waals surface area contributed by atoms with Crippen molar-refractivity contribution in [3.63, 3.8) is 0 Å². The molecule has 1 saturated heterocycles. The van der Waals surface area contributed by atoms with Crippen LogP contribution in [0.1, 0.15) is 30.9 Å². The first-order chi connectivity index (χ1) is 7.83. The maximum atomic E-state index is 3.40. The van der Waals surface area contributed by atoms with Crippen molar-refractivity contribution >= 4 is 5.69 Å². The van der Waals surface area contributed by atoms with Crippen molar-refractivity contribution in [1.29, 1.82) is 0 Å². The Bertz CT molecular complexity index is 341. The maximum Gasteiger partial charge on any atom is 0.0399 e. The van der Waals surface area contributed by atoms with Crippen molar-refractivity contribution < 1.29 is 0 Å². The molecule has 0 saturated carbocycles. The van der Waals surface area contributed by atoms with E-state index in [9.17, 15) is 0 Å². The number of hydrogen-bond acceptors (Lipinski definition) is 2. The lowest BCUT2D eigenvalue weighted by molar-refractivity contribution is 0.723. The van der Waals surface area contributed by atoms with Crippen LogP contribution in [-0.4, -0.2) is 19.6 Å². The molecule has 1 aliphatic rings. The molecule has 0 atom stereocenters. The zero-order chi connectivity index (χ0) is 11.4. The summed E-state index contributed by atoms with van der Waals surface area (Å²) in [6.07, 6.45) is 2.69. The fraction of sp³-hybridized carbons (Fsp3) is 0.571. The molecule has 1 N–H and O–H groups in total. The summed E-state index contributed by atoms with van der Waals surface area (Å²) in [7, 11) is 0. The van der Waals surface area contributed by atoms with Crippen LogP contribution in [0.4, 0.5) is 5.69 Å². The number of rotatable bonds is 4. The van der Waals surface area contributed by atoms with Crippen molar-refractivity contribution in [3.05, 3.63) is 29.3 Å². The molecule has 88 valence electrons. The van der Waals surface area contributed by atoms with Gasteiger partial charge in [-0.05, 0) is 43.5 Å². The van der Waals surface area contributed by atoms with Gasteiger partial charge in [-0.25, -0.2) is 0 Å². The molecule has 0 unspecified atom stereocenters. The van der Waals surface area contributed by atoms with E-state index in [0.717, 1.165) is 13.1 Å². The maximum absolute atomic E-state index is 3.40. The minimum atomic E-state index is 0.990. The molecule has 1 fully saturated rings. The van der Waals surface area contributed by atoms with E-state index in [-0.39, 0.29) is 0 Å². The molecule has 2 heteroatoms. The van der Waals surface area contributed by atoms with Crippen LogP contribution in [0.15, 0.2) is 18.2 Å². The van der Waals surface area contributed by atoms with Crippen molar-refractivity contribution in [3.8, 4) is 0 Å². The van der Waals surface area contributed by atoms with Gasteiger partial charge in [0.2, 0.25) is 0 Å². The summed E-state index contributed by atoms with van der Waals surface area (Å²) < 4.78 is 0. The van der Waals surface area contributed by atoms with Gasteiger partial charge >= 0.3 is 0 Å². The van der Waals surface area contributed by atoms with Gasteiger partial charge in [-0.3, -0.25) is 0 Å². The zero-order valence-electron chi connectivity index (χ0n) is 10.4. The van der Waals surface area contributed by atoms with Gasteiger partial charge < -0.3 is 10.2 Å². The molecule has 0 aliphatic carbocycles. The highest BCUT2D eigenvalue weighted by Crippen LogP contribution is 2.26. The molecule has 2 rings (SSSR count). The third-order valence-electron chi connectivity index (χ3n) is 3.43. The van der Waals surface area contributed by atoms with E-state index in [1.807, 2.05) is 0 Å². The third kappa shape index (κ3) is 2.38. The summed E-state index contributed by atoms with van der Waals surface area (Å²) in [5.41, 5.74) is 4.32. The Labute approximate surface area is 98.7 Å². The van der Waals surface area contributed by atoms with Crippen LogP contribution in [-0.2, 0) is 6.54 Å². The standard InChI is InChI=1S/C14H22N2/c1-3-15-11-13-7-6-8-14(12(13)2)16-9-4-5-10-16/h6-8,15H,3-5,9-11H2,1-2H3. The topological polar surface area (TPSA) is 15.3 Å². The van der Waals surface area contributed by atoms with Crippen molar-refractivity contribution in [2.24, 2.45) is 0 Å². The molecule has 2 nitrogen and oxygen atoms in total. The monoisotopic (exact) mass is 218 g/mol. The van der Waals surface area contributed by atoms with E-state index in [1.54, 1.807) is 0 Å². The highest BCUT2D eigenvalue weighted by Gasteiger charge is 2.15. The third-order valence-corrected chi connectivity index (χ3v) is 3.43. The number of hydrogen-bond donors (Lipinski definition) is 1. The number of nitrogens with one attached hydrogen (secondary N) is 1. The highest BCUT2D eigenvalue weighted by atomic mass is 15.1. The van der Waals surface area contributed by atoms with E-state index in [0.29, 0.717) is 0 Å². The van der Waals surface area contributed by atoms with Crippen LogP contribution in [0.25, 0.3) is 0 Å². The van der Waals surface area contributed by atoms with Crippen LogP contribution in [0.5, 0.6) is 0 Å². The fourth-order valence-corrected chi connectivity index (χ4v) is 2.42. The van der Waals surface area contributed by atoms with E-state index in [4.69, 9.17) is 0 Å². The number of benzene rings is 1. The molecular weight excluding hydrogens is 196 g/mol. The minimum Gasteiger partial charge on any atom is -0.371 e. The van der Waals surface area contributed by atoms with Crippen LogP contribution >= 0.6 is 0 Å². The normalized spacial score (nSPS) is 15.8. The van der Waals surface area contributed by atoms with E-state index >= 15 is 0 Å². The first kappa shape index (κ1) is 11.5. The number of anilines is 1. The van der Waals surface area contributed by atoms with Gasteiger partial charge in [-0.2, -0.15) is 0 Å². The lowest BCUT2D eigenvalue weighted by Gasteiger charge is -2.22. The first-order valence-electron chi connectivity index (χ1n) is 6.37. The van der Waals surface area contributed by atoms with Crippen LogP contribution in [0.3, 0.4) is 0 Å². The largest absolute Gasteiger partial charge is 0.371 e. The number of nitrogens with zero attached hydrogens (tertiary/aromatic N) is 1. The molecule has 16 heavy (non-hydrogen) atoms. The van der Waals surface area contributed by atoms with Crippen LogP contribution < -0.4 is 10.2 Å². The van der Waals surface area contributed by atoms with Gasteiger partial charge in [0, 0.05) is 25.3 Å². The summed E-state index contributed by atoms with van der Waals surface area (Å²) >= 11 is 0. The quantitative estimate of drug-likeness (QED) is 0.836. The van der Waals surface area contributed by atoms with E-state index < -0.39 is 0 Å². The SMILES string of the molecule is CCNCc1cccc(N2CCCC2)c1C. The van der Waals surface area contributed by atoms with Gasteiger partial charge in [0.05, 0.1) is 0 Å². The predicted molar refractivity (Wildman–Crippen MR) is 70.0 cm³/mol. The summed E-state index contributed by atoms with van der Waals surface area (Å²) in [5.74, 6) is 0. The second kappa shape index (κ2) is 5.35. The second-order valence-corrected chi connectivity index (χ2v) is 4.54. The lowest BCUT2D eigenvalue weighted by Crippen LogP contribution is -2.20. The van der Waals surface area contributed by atoms with E-state index in [1.165, 1.54) is 42.7 Å². The summed E-state index contributed by atoms with van der Waals surface area (Å²) in [4.78, 5) is 2.52. The van der Waals surface area contributed by atoms with Gasteiger partial charge in [0.1, 0.15) is 0 Å². The van der Waals surface area contributed by atoms with Crippen LogP contribution in [0.2, 0.25) is 0 Å².